The van der Waals surface area contributed by atoms with Crippen LogP contribution in [0.15, 0.2) is 47.2 Å². The highest BCUT2D eigenvalue weighted by atomic mass is 32.1. The van der Waals surface area contributed by atoms with Crippen molar-refractivity contribution in [1.82, 2.24) is 0 Å². The molecule has 1 amide bonds. The van der Waals surface area contributed by atoms with Crippen molar-refractivity contribution in [1.29, 1.82) is 0 Å². The van der Waals surface area contributed by atoms with Crippen LogP contribution < -0.4 is 10.2 Å². The third kappa shape index (κ3) is 5.69. The minimum atomic E-state index is -0.869. The summed E-state index contributed by atoms with van der Waals surface area (Å²) in [6.45, 7) is 3.73. The van der Waals surface area contributed by atoms with Crippen LogP contribution in [-0.2, 0) is 14.3 Å². The zero-order valence-corrected chi connectivity index (χ0v) is 16.2. The maximum absolute atomic E-state index is 12.2. The molecule has 1 fully saturated rings. The van der Waals surface area contributed by atoms with Crippen LogP contribution in [0.3, 0.4) is 0 Å². The predicted octanol–water partition coefficient (Wildman–Crippen LogP) is 4.32. The van der Waals surface area contributed by atoms with E-state index in [1.165, 1.54) is 31.0 Å². The smallest absolute Gasteiger partial charge is 0.331 e. The zero-order chi connectivity index (χ0) is 19.1. The van der Waals surface area contributed by atoms with Crippen LogP contribution in [0.1, 0.15) is 31.7 Å². The van der Waals surface area contributed by atoms with Crippen LogP contribution >= 0.6 is 11.3 Å². The van der Waals surface area contributed by atoms with Crippen molar-refractivity contribution in [3.63, 3.8) is 0 Å². The Morgan fingerprint density at radius 3 is 2.56 bits per heavy atom. The molecule has 1 aromatic heterocycles. The number of carbonyl (C=O) groups is 2. The molecule has 1 aromatic carbocycles. The Kier molecular flexibility index (Phi) is 6.65. The Balaban J connectivity index is 1.49. The lowest BCUT2D eigenvalue weighted by atomic mass is 10.1. The van der Waals surface area contributed by atoms with Gasteiger partial charge in [0.2, 0.25) is 0 Å². The SMILES string of the molecule is C[C@H](OC(=O)/C=C/c1ccsc1)C(=O)Nc1ccc(N2CCCCC2)cc1. The van der Waals surface area contributed by atoms with Crippen molar-refractivity contribution in [3.05, 3.63) is 52.7 Å². The Morgan fingerprint density at radius 1 is 1.15 bits per heavy atom. The maximum atomic E-state index is 12.2. The van der Waals surface area contributed by atoms with Gasteiger partial charge in [0.1, 0.15) is 0 Å². The van der Waals surface area contributed by atoms with E-state index >= 15 is 0 Å². The maximum Gasteiger partial charge on any atom is 0.331 e. The summed E-state index contributed by atoms with van der Waals surface area (Å²) in [5.41, 5.74) is 2.80. The normalized spacial score (nSPS) is 15.5. The number of amides is 1. The van der Waals surface area contributed by atoms with E-state index in [1.54, 1.807) is 24.3 Å². The van der Waals surface area contributed by atoms with E-state index in [9.17, 15) is 9.59 Å². The standard InChI is InChI=1S/C21H24N2O3S/c1-16(26-20(24)10-5-17-11-14-27-15-17)21(25)22-18-6-8-19(9-7-18)23-12-3-2-4-13-23/h5-11,14-16H,2-4,12-13H2,1H3,(H,22,25)/b10-5+/t16-/m0/s1. The number of hydrogen-bond donors (Lipinski definition) is 1. The van der Waals surface area contributed by atoms with E-state index < -0.39 is 12.1 Å². The summed E-state index contributed by atoms with van der Waals surface area (Å²) in [6.07, 6.45) is 5.88. The molecular weight excluding hydrogens is 360 g/mol. The summed E-state index contributed by atoms with van der Waals surface area (Å²) in [7, 11) is 0. The van der Waals surface area contributed by atoms with Crippen LogP contribution in [0.2, 0.25) is 0 Å². The average Bonchev–Trinajstić information content (AvgIpc) is 3.21. The number of benzene rings is 1. The molecule has 1 N–H and O–H groups in total. The van der Waals surface area contributed by atoms with Gasteiger partial charge in [-0.1, -0.05) is 0 Å². The van der Waals surface area contributed by atoms with Crippen molar-refractivity contribution in [2.45, 2.75) is 32.3 Å². The molecule has 6 heteroatoms. The van der Waals surface area contributed by atoms with Gasteiger partial charge in [0, 0.05) is 30.5 Å². The molecule has 1 aliphatic heterocycles. The van der Waals surface area contributed by atoms with E-state index in [4.69, 9.17) is 4.74 Å². The molecule has 3 rings (SSSR count). The van der Waals surface area contributed by atoms with E-state index in [2.05, 4.69) is 10.2 Å². The van der Waals surface area contributed by atoms with Gasteiger partial charge in [-0.05, 0) is 78.9 Å². The molecule has 0 aliphatic carbocycles. The molecule has 2 heterocycles. The molecule has 0 bridgehead atoms. The molecule has 27 heavy (non-hydrogen) atoms. The molecule has 5 nitrogen and oxygen atoms in total. The molecule has 0 radical (unpaired) electrons. The van der Waals surface area contributed by atoms with E-state index in [0.717, 1.165) is 18.7 Å². The van der Waals surface area contributed by atoms with E-state index in [1.807, 2.05) is 41.1 Å². The lowest BCUT2D eigenvalue weighted by Crippen LogP contribution is -2.30. The summed E-state index contributed by atoms with van der Waals surface area (Å²) >= 11 is 1.55. The second-order valence-corrected chi connectivity index (χ2v) is 7.33. The minimum absolute atomic E-state index is 0.349. The number of piperidine rings is 1. The molecule has 0 saturated carbocycles. The van der Waals surface area contributed by atoms with E-state index in [-0.39, 0.29) is 5.91 Å². The second kappa shape index (κ2) is 9.37. The largest absolute Gasteiger partial charge is 0.449 e. The Morgan fingerprint density at radius 2 is 1.89 bits per heavy atom. The predicted molar refractivity (Wildman–Crippen MR) is 110 cm³/mol. The van der Waals surface area contributed by atoms with Crippen LogP contribution in [0.25, 0.3) is 6.08 Å². The van der Waals surface area contributed by atoms with Gasteiger partial charge in [-0.15, -0.1) is 0 Å². The lowest BCUT2D eigenvalue weighted by Gasteiger charge is -2.28. The highest BCUT2D eigenvalue weighted by Gasteiger charge is 2.17. The number of esters is 1. The van der Waals surface area contributed by atoms with Gasteiger partial charge in [0.05, 0.1) is 0 Å². The summed E-state index contributed by atoms with van der Waals surface area (Å²) in [4.78, 5) is 26.4. The molecule has 2 aromatic rings. The molecule has 1 saturated heterocycles. The van der Waals surface area contributed by atoms with Gasteiger partial charge in [-0.25, -0.2) is 4.79 Å². The third-order valence-corrected chi connectivity index (χ3v) is 5.17. The average molecular weight is 385 g/mol. The van der Waals surface area contributed by atoms with Crippen molar-refractivity contribution in [3.8, 4) is 0 Å². The van der Waals surface area contributed by atoms with Crippen molar-refractivity contribution in [2.75, 3.05) is 23.3 Å². The minimum Gasteiger partial charge on any atom is -0.449 e. The summed E-state index contributed by atoms with van der Waals surface area (Å²) in [5.74, 6) is -0.887. The number of anilines is 2. The van der Waals surface area contributed by atoms with Crippen molar-refractivity contribution >= 4 is 40.7 Å². The van der Waals surface area contributed by atoms with Crippen molar-refractivity contribution in [2.24, 2.45) is 0 Å². The highest BCUT2D eigenvalue weighted by molar-refractivity contribution is 7.08. The summed E-state index contributed by atoms with van der Waals surface area (Å²) in [6, 6.07) is 9.69. The van der Waals surface area contributed by atoms with Crippen LogP contribution in [-0.4, -0.2) is 31.1 Å². The first-order valence-electron chi connectivity index (χ1n) is 9.18. The van der Waals surface area contributed by atoms with Gasteiger partial charge in [0.15, 0.2) is 6.10 Å². The Bertz CT molecular complexity index is 778. The number of nitrogens with one attached hydrogen (secondary N) is 1. The highest BCUT2D eigenvalue weighted by Crippen LogP contribution is 2.22. The second-order valence-electron chi connectivity index (χ2n) is 6.55. The zero-order valence-electron chi connectivity index (χ0n) is 15.4. The fourth-order valence-corrected chi connectivity index (χ4v) is 3.58. The lowest BCUT2D eigenvalue weighted by molar-refractivity contribution is -0.148. The van der Waals surface area contributed by atoms with Crippen LogP contribution in [0.5, 0.6) is 0 Å². The summed E-state index contributed by atoms with van der Waals surface area (Å²) < 4.78 is 5.16. The van der Waals surface area contributed by atoms with Gasteiger partial charge < -0.3 is 15.0 Å². The number of hydrogen-bond acceptors (Lipinski definition) is 5. The number of nitrogens with zero attached hydrogens (tertiary/aromatic N) is 1. The molecule has 1 aliphatic rings. The molecule has 0 unspecified atom stereocenters. The van der Waals surface area contributed by atoms with Gasteiger partial charge in [0.25, 0.3) is 5.91 Å². The van der Waals surface area contributed by atoms with Crippen LogP contribution in [0.4, 0.5) is 11.4 Å². The van der Waals surface area contributed by atoms with Crippen LogP contribution in [0, 0.1) is 0 Å². The quantitative estimate of drug-likeness (QED) is 0.595. The first-order valence-corrected chi connectivity index (χ1v) is 10.1. The number of ether oxygens (including phenoxy) is 1. The Hall–Kier alpha value is -2.60. The van der Waals surface area contributed by atoms with Crippen molar-refractivity contribution < 1.29 is 14.3 Å². The molecule has 1 atom stereocenters. The monoisotopic (exact) mass is 384 g/mol. The molecule has 142 valence electrons. The van der Waals surface area contributed by atoms with Gasteiger partial charge >= 0.3 is 5.97 Å². The first kappa shape index (κ1) is 19.2. The fourth-order valence-electron chi connectivity index (χ4n) is 2.95. The third-order valence-electron chi connectivity index (χ3n) is 4.47. The number of thiophene rings is 1. The molecular formula is C21H24N2O3S. The first-order chi connectivity index (χ1) is 13.1. The fraction of sp³-hybridized carbons (Fsp3) is 0.333. The number of rotatable bonds is 6. The summed E-state index contributed by atoms with van der Waals surface area (Å²) in [5, 5.41) is 6.64. The topological polar surface area (TPSA) is 58.6 Å². The van der Waals surface area contributed by atoms with Gasteiger partial charge in [-0.2, -0.15) is 11.3 Å². The van der Waals surface area contributed by atoms with E-state index in [0.29, 0.717) is 5.69 Å². The van der Waals surface area contributed by atoms with Gasteiger partial charge in [-0.3, -0.25) is 4.79 Å². The Labute approximate surface area is 163 Å². The number of carbonyl (C=O) groups excluding carboxylic acids is 2. The molecule has 0 spiro atoms.